The molecule has 3 nitrogen and oxygen atoms in total. The Morgan fingerprint density at radius 2 is 1.53 bits per heavy atom. The third kappa shape index (κ3) is 8.96. The van der Waals surface area contributed by atoms with Gasteiger partial charge in [-0.05, 0) is 46.9 Å². The van der Waals surface area contributed by atoms with Crippen LogP contribution >= 0.6 is 0 Å². The van der Waals surface area contributed by atoms with E-state index in [9.17, 15) is 0 Å². The molecule has 0 amide bonds. The Morgan fingerprint density at radius 1 is 0.844 bits per heavy atom. The number of hydrogen-bond acceptors (Lipinski definition) is 2. The lowest BCUT2D eigenvalue weighted by atomic mass is 9.71. The van der Waals surface area contributed by atoms with Gasteiger partial charge in [0.05, 0.1) is 27.3 Å². The van der Waals surface area contributed by atoms with E-state index in [1.165, 1.54) is 16.7 Å². The zero-order valence-electron chi connectivity index (χ0n) is 21.8. The molecule has 0 bridgehead atoms. The number of nitrogens with zero attached hydrogens (tertiary/aromatic N) is 1. The minimum absolute atomic E-state index is 0.149. The summed E-state index contributed by atoms with van der Waals surface area (Å²) in [5.41, 5.74) is 4.64. The molecule has 0 unspecified atom stereocenters. The zero-order chi connectivity index (χ0) is 23.8. The monoisotopic (exact) mass is 440 g/mol. The lowest BCUT2D eigenvalue weighted by molar-refractivity contribution is -0.904. The summed E-state index contributed by atoms with van der Waals surface area (Å²) in [6.07, 6.45) is 2.17. The second-order valence-corrected chi connectivity index (χ2v) is 11.6. The van der Waals surface area contributed by atoms with Crippen molar-refractivity contribution in [1.82, 2.24) is 0 Å². The molecule has 178 valence electrons. The van der Waals surface area contributed by atoms with Crippen LogP contribution in [0.5, 0.6) is 5.75 Å². The highest BCUT2D eigenvalue weighted by Gasteiger charge is 2.29. The van der Waals surface area contributed by atoms with Crippen LogP contribution in [0.1, 0.15) is 64.7 Å². The molecule has 0 atom stereocenters. The van der Waals surface area contributed by atoms with Crippen molar-refractivity contribution in [3.05, 3.63) is 65.2 Å². The topological polar surface area (TPSA) is 18.5 Å². The van der Waals surface area contributed by atoms with E-state index in [1.54, 1.807) is 0 Å². The molecule has 2 rings (SSSR count). The molecule has 32 heavy (non-hydrogen) atoms. The highest BCUT2D eigenvalue weighted by Crippen LogP contribution is 2.38. The molecule has 3 heteroatoms. The summed E-state index contributed by atoms with van der Waals surface area (Å²) in [6.45, 7) is 17.8. The number of quaternary nitrogens is 1. The Bertz CT molecular complexity index is 819. The lowest BCUT2D eigenvalue weighted by Gasteiger charge is -2.34. The Kier molecular flexibility index (Phi) is 9.36. The first kappa shape index (κ1) is 26.4. The van der Waals surface area contributed by atoms with Gasteiger partial charge in [0, 0.05) is 5.56 Å². The van der Waals surface area contributed by atoms with Crippen molar-refractivity contribution in [3.63, 3.8) is 0 Å². The molecule has 0 fully saturated rings. The molecule has 0 spiro atoms. The van der Waals surface area contributed by atoms with Crippen molar-refractivity contribution in [2.45, 2.75) is 66.3 Å². The van der Waals surface area contributed by atoms with E-state index in [-0.39, 0.29) is 5.41 Å². The molecule has 0 aliphatic carbocycles. The van der Waals surface area contributed by atoms with Gasteiger partial charge in [0.2, 0.25) is 0 Å². The summed E-state index contributed by atoms with van der Waals surface area (Å²) in [6, 6.07) is 17.3. The largest absolute Gasteiger partial charge is 0.491 e. The third-order valence-electron chi connectivity index (χ3n) is 5.95. The van der Waals surface area contributed by atoms with Gasteiger partial charge >= 0.3 is 0 Å². The first-order chi connectivity index (χ1) is 14.9. The highest BCUT2D eigenvalue weighted by atomic mass is 16.5. The van der Waals surface area contributed by atoms with Gasteiger partial charge < -0.3 is 14.0 Å². The van der Waals surface area contributed by atoms with Crippen LogP contribution in [-0.4, -0.2) is 44.9 Å². The standard InChI is InChI=1S/C29H46NO2/c1-9-25-21-26(15-16-27(25)29(5,6)23-28(2,3)4)32-20-19-31-18-17-30(7,8)22-24-13-11-10-12-14-24/h10-16,21H,9,17-20,22-23H2,1-8H3/q+1. The Hall–Kier alpha value is -1.84. The van der Waals surface area contributed by atoms with Gasteiger partial charge in [0.25, 0.3) is 0 Å². The first-order valence-electron chi connectivity index (χ1n) is 12.1. The third-order valence-corrected chi connectivity index (χ3v) is 5.95. The predicted octanol–water partition coefficient (Wildman–Crippen LogP) is 6.63. The number of hydrogen-bond donors (Lipinski definition) is 0. The summed E-state index contributed by atoms with van der Waals surface area (Å²) in [7, 11) is 4.50. The van der Waals surface area contributed by atoms with E-state index in [1.807, 2.05) is 0 Å². The van der Waals surface area contributed by atoms with E-state index in [0.717, 1.165) is 42.8 Å². The van der Waals surface area contributed by atoms with Crippen LogP contribution in [0, 0.1) is 5.41 Å². The molecule has 0 heterocycles. The summed E-state index contributed by atoms with van der Waals surface area (Å²) in [5.74, 6) is 0.945. The molecule has 2 aromatic carbocycles. The van der Waals surface area contributed by atoms with Gasteiger partial charge in [-0.3, -0.25) is 0 Å². The predicted molar refractivity (Wildman–Crippen MR) is 136 cm³/mol. The summed E-state index contributed by atoms with van der Waals surface area (Å²) in [4.78, 5) is 0. The Balaban J connectivity index is 1.79. The molecule has 0 aliphatic rings. The van der Waals surface area contributed by atoms with Gasteiger partial charge in [-0.15, -0.1) is 0 Å². The number of likely N-dealkylation sites (N-methyl/N-ethyl adjacent to an activating group) is 1. The fraction of sp³-hybridized carbons (Fsp3) is 0.586. The maximum Gasteiger partial charge on any atom is 0.119 e. The van der Waals surface area contributed by atoms with Gasteiger partial charge in [0.15, 0.2) is 0 Å². The average molecular weight is 441 g/mol. The quantitative estimate of drug-likeness (QED) is 0.272. The van der Waals surface area contributed by atoms with E-state index in [0.29, 0.717) is 18.6 Å². The van der Waals surface area contributed by atoms with Crippen molar-refractivity contribution in [2.75, 3.05) is 40.5 Å². The molecule has 0 radical (unpaired) electrons. The van der Waals surface area contributed by atoms with E-state index in [2.05, 4.69) is 104 Å². The van der Waals surface area contributed by atoms with Crippen LogP contribution in [0.15, 0.2) is 48.5 Å². The molecular weight excluding hydrogens is 394 g/mol. The zero-order valence-corrected chi connectivity index (χ0v) is 21.8. The minimum atomic E-state index is 0.149. The SMILES string of the molecule is CCc1cc(OCCOCC[N+](C)(C)Cc2ccccc2)ccc1C(C)(C)CC(C)(C)C. The van der Waals surface area contributed by atoms with Gasteiger partial charge in [-0.25, -0.2) is 0 Å². The van der Waals surface area contributed by atoms with E-state index < -0.39 is 0 Å². The van der Waals surface area contributed by atoms with Gasteiger partial charge in [0.1, 0.15) is 25.4 Å². The number of rotatable bonds is 12. The number of aryl methyl sites for hydroxylation is 1. The first-order valence-corrected chi connectivity index (χ1v) is 12.1. The number of ether oxygens (including phenoxy) is 2. The maximum atomic E-state index is 6.01. The lowest BCUT2D eigenvalue weighted by Crippen LogP contribution is -2.41. The summed E-state index contributed by atoms with van der Waals surface area (Å²) in [5, 5.41) is 0. The van der Waals surface area contributed by atoms with Crippen molar-refractivity contribution in [2.24, 2.45) is 5.41 Å². The molecule has 0 saturated heterocycles. The van der Waals surface area contributed by atoms with Gasteiger partial charge in [-0.1, -0.05) is 77.9 Å². The van der Waals surface area contributed by atoms with E-state index >= 15 is 0 Å². The molecule has 0 N–H and O–H groups in total. The van der Waals surface area contributed by atoms with Crippen LogP contribution in [0.25, 0.3) is 0 Å². The average Bonchev–Trinajstić information content (AvgIpc) is 2.69. The summed E-state index contributed by atoms with van der Waals surface area (Å²) >= 11 is 0. The van der Waals surface area contributed by atoms with Crippen molar-refractivity contribution in [1.29, 1.82) is 0 Å². The fourth-order valence-corrected chi connectivity index (χ4v) is 4.82. The second-order valence-electron chi connectivity index (χ2n) is 11.6. The minimum Gasteiger partial charge on any atom is -0.491 e. The second kappa shape index (κ2) is 11.3. The molecular formula is C29H46NO2+. The molecule has 0 aromatic heterocycles. The van der Waals surface area contributed by atoms with E-state index in [4.69, 9.17) is 9.47 Å². The fourth-order valence-electron chi connectivity index (χ4n) is 4.82. The van der Waals surface area contributed by atoms with Crippen LogP contribution < -0.4 is 4.74 Å². The molecule has 2 aromatic rings. The Labute approximate surface area is 197 Å². The van der Waals surface area contributed by atoms with Crippen molar-refractivity contribution >= 4 is 0 Å². The van der Waals surface area contributed by atoms with Crippen molar-refractivity contribution < 1.29 is 14.0 Å². The number of benzene rings is 2. The maximum absolute atomic E-state index is 6.01. The van der Waals surface area contributed by atoms with Crippen LogP contribution in [0.4, 0.5) is 0 Å². The van der Waals surface area contributed by atoms with Crippen LogP contribution in [0.2, 0.25) is 0 Å². The van der Waals surface area contributed by atoms with Crippen LogP contribution in [-0.2, 0) is 23.1 Å². The Morgan fingerprint density at radius 3 is 2.16 bits per heavy atom. The van der Waals surface area contributed by atoms with Crippen LogP contribution in [0.3, 0.4) is 0 Å². The smallest absolute Gasteiger partial charge is 0.119 e. The van der Waals surface area contributed by atoms with Crippen molar-refractivity contribution in [3.8, 4) is 5.75 Å². The highest BCUT2D eigenvalue weighted by molar-refractivity contribution is 5.40. The normalized spacial score (nSPS) is 12.8. The van der Waals surface area contributed by atoms with Gasteiger partial charge in [-0.2, -0.15) is 0 Å². The molecule has 0 aliphatic heterocycles. The molecule has 0 saturated carbocycles. The summed E-state index contributed by atoms with van der Waals surface area (Å²) < 4.78 is 12.8.